The first-order chi connectivity index (χ1) is 8.18. The predicted octanol–water partition coefficient (Wildman–Crippen LogP) is 3.55. The fourth-order valence-electron chi connectivity index (χ4n) is 2.92. The van der Waals surface area contributed by atoms with E-state index >= 15 is 0 Å². The quantitative estimate of drug-likeness (QED) is 0.616. The summed E-state index contributed by atoms with van der Waals surface area (Å²) in [5.74, 6) is 0.448. The maximum absolute atomic E-state index is 12.3. The van der Waals surface area contributed by atoms with E-state index in [4.69, 9.17) is 0 Å². The van der Waals surface area contributed by atoms with Gasteiger partial charge in [0, 0.05) is 11.5 Å². The molecule has 0 amide bonds. The van der Waals surface area contributed by atoms with Crippen molar-refractivity contribution in [1.82, 2.24) is 0 Å². The minimum atomic E-state index is 0.120. The number of hydrogen-bond acceptors (Lipinski definition) is 1. The zero-order valence-corrected chi connectivity index (χ0v) is 10.3. The van der Waals surface area contributed by atoms with Gasteiger partial charge in [-0.05, 0) is 49.5 Å². The smallest absolute Gasteiger partial charge is 0.170 e. The van der Waals surface area contributed by atoms with Gasteiger partial charge in [-0.25, -0.2) is 0 Å². The largest absolute Gasteiger partial charge is 0.293 e. The lowest BCUT2D eigenvalue weighted by atomic mass is 9.80. The van der Waals surface area contributed by atoms with Crippen LogP contribution in [0.3, 0.4) is 0 Å². The molecule has 0 aromatic heterocycles. The normalized spacial score (nSPS) is 22.0. The molecule has 0 fully saturated rings. The third kappa shape index (κ3) is 1.49. The number of Topliss-reactive ketones (excluding diaryl/α,β-unsaturated/α-hetero) is 1. The summed E-state index contributed by atoms with van der Waals surface area (Å²) in [5, 5.41) is 0. The molecule has 2 aliphatic rings. The van der Waals surface area contributed by atoms with Crippen LogP contribution in [-0.4, -0.2) is 5.78 Å². The maximum atomic E-state index is 12.3. The van der Waals surface area contributed by atoms with Crippen molar-refractivity contribution in [2.75, 3.05) is 0 Å². The third-order valence-electron chi connectivity index (χ3n) is 3.83. The predicted molar refractivity (Wildman–Crippen MR) is 69.6 cm³/mol. The summed E-state index contributed by atoms with van der Waals surface area (Å²) in [6.07, 6.45) is 4.11. The van der Waals surface area contributed by atoms with E-state index in [1.165, 1.54) is 16.7 Å². The van der Waals surface area contributed by atoms with E-state index in [1.54, 1.807) is 0 Å². The lowest BCUT2D eigenvalue weighted by Gasteiger charge is -2.22. The van der Waals surface area contributed by atoms with Gasteiger partial charge in [0.2, 0.25) is 0 Å². The van der Waals surface area contributed by atoms with Crippen molar-refractivity contribution >= 4 is 11.4 Å². The Morgan fingerprint density at radius 3 is 2.76 bits per heavy atom. The van der Waals surface area contributed by atoms with Crippen molar-refractivity contribution in [3.05, 3.63) is 52.6 Å². The van der Waals surface area contributed by atoms with E-state index < -0.39 is 0 Å². The number of carbonyl (C=O) groups excluding carboxylic acids is 1. The molecule has 2 aliphatic carbocycles. The van der Waals surface area contributed by atoms with Gasteiger partial charge in [-0.1, -0.05) is 29.8 Å². The Morgan fingerprint density at radius 2 is 2.00 bits per heavy atom. The molecule has 1 heteroatoms. The lowest BCUT2D eigenvalue weighted by molar-refractivity contribution is -0.117. The summed E-state index contributed by atoms with van der Waals surface area (Å²) in [6.45, 7) is 4.04. The van der Waals surface area contributed by atoms with Crippen LogP contribution in [-0.2, 0) is 11.2 Å². The topological polar surface area (TPSA) is 17.1 Å². The van der Waals surface area contributed by atoms with Gasteiger partial charge in [0.25, 0.3) is 0 Å². The molecular weight excluding hydrogens is 208 g/mol. The summed E-state index contributed by atoms with van der Waals surface area (Å²) in [7, 11) is 0. The highest BCUT2D eigenvalue weighted by Crippen LogP contribution is 2.42. The Balaban J connectivity index is 2.18. The fourth-order valence-corrected chi connectivity index (χ4v) is 2.92. The molecule has 0 heterocycles. The molecule has 1 unspecified atom stereocenters. The molecular formula is C16H16O. The molecule has 86 valence electrons. The minimum absolute atomic E-state index is 0.120. The molecule has 1 atom stereocenters. The molecule has 0 spiro atoms. The van der Waals surface area contributed by atoms with Gasteiger partial charge in [0.1, 0.15) is 0 Å². The fraction of sp³-hybridized carbons (Fsp3) is 0.312. The lowest BCUT2D eigenvalue weighted by Crippen LogP contribution is -2.17. The summed E-state index contributed by atoms with van der Waals surface area (Å²) < 4.78 is 0. The highest BCUT2D eigenvalue weighted by Gasteiger charge is 2.35. The van der Waals surface area contributed by atoms with Gasteiger partial charge in [0.05, 0.1) is 0 Å². The molecule has 0 saturated carbocycles. The Morgan fingerprint density at radius 1 is 1.24 bits per heavy atom. The zero-order valence-electron chi connectivity index (χ0n) is 10.3. The second-order valence-corrected chi connectivity index (χ2v) is 5.13. The molecule has 0 saturated heterocycles. The molecule has 0 bridgehead atoms. The maximum Gasteiger partial charge on any atom is 0.170 e. The first-order valence-electron chi connectivity index (χ1n) is 6.20. The summed E-state index contributed by atoms with van der Waals surface area (Å²) in [6, 6.07) is 8.47. The van der Waals surface area contributed by atoms with Crippen molar-refractivity contribution in [1.29, 1.82) is 0 Å². The van der Waals surface area contributed by atoms with E-state index in [2.05, 4.69) is 30.3 Å². The monoisotopic (exact) mass is 224 g/mol. The Bertz CT molecular complexity index is 557. The second-order valence-electron chi connectivity index (χ2n) is 5.13. The number of allylic oxidation sites excluding steroid dienone is 4. The van der Waals surface area contributed by atoms with E-state index in [1.807, 2.05) is 13.8 Å². The van der Waals surface area contributed by atoms with Crippen LogP contribution in [0.1, 0.15) is 31.4 Å². The molecule has 0 radical (unpaired) electrons. The van der Waals surface area contributed by atoms with Gasteiger partial charge in [-0.2, -0.15) is 0 Å². The van der Waals surface area contributed by atoms with Crippen LogP contribution in [0.25, 0.3) is 5.57 Å². The van der Waals surface area contributed by atoms with E-state index in [0.29, 0.717) is 5.78 Å². The highest BCUT2D eigenvalue weighted by molar-refractivity contribution is 6.13. The first-order valence-corrected chi connectivity index (χ1v) is 6.20. The summed E-state index contributed by atoms with van der Waals surface area (Å²) in [5.41, 5.74) is 5.98. The van der Waals surface area contributed by atoms with Crippen LogP contribution < -0.4 is 0 Å². The summed E-state index contributed by atoms with van der Waals surface area (Å²) >= 11 is 0. The average molecular weight is 224 g/mol. The minimum Gasteiger partial charge on any atom is -0.293 e. The Hall–Kier alpha value is -1.63. The second kappa shape index (κ2) is 3.69. The van der Waals surface area contributed by atoms with Gasteiger partial charge >= 0.3 is 0 Å². The summed E-state index contributed by atoms with van der Waals surface area (Å²) in [4.78, 5) is 12.3. The highest BCUT2D eigenvalue weighted by atomic mass is 16.1. The zero-order chi connectivity index (χ0) is 12.0. The Labute approximate surface area is 102 Å². The number of aryl methyl sites for hydroxylation is 1. The molecule has 0 aliphatic heterocycles. The van der Waals surface area contributed by atoms with Crippen LogP contribution >= 0.6 is 0 Å². The van der Waals surface area contributed by atoms with E-state index in [-0.39, 0.29) is 5.92 Å². The van der Waals surface area contributed by atoms with Crippen molar-refractivity contribution in [2.24, 2.45) is 5.92 Å². The third-order valence-corrected chi connectivity index (χ3v) is 3.83. The van der Waals surface area contributed by atoms with Crippen molar-refractivity contribution in [3.8, 4) is 0 Å². The van der Waals surface area contributed by atoms with Crippen LogP contribution in [0.4, 0.5) is 0 Å². The SMILES string of the molecule is CC(C)=C1C=C2c3ccccc3CCC2C1=O. The van der Waals surface area contributed by atoms with Crippen LogP contribution in [0.15, 0.2) is 41.5 Å². The number of benzene rings is 1. The van der Waals surface area contributed by atoms with Crippen molar-refractivity contribution in [2.45, 2.75) is 26.7 Å². The van der Waals surface area contributed by atoms with Gasteiger partial charge < -0.3 is 0 Å². The number of ketones is 1. The molecule has 3 rings (SSSR count). The molecule has 17 heavy (non-hydrogen) atoms. The molecule has 0 N–H and O–H groups in total. The van der Waals surface area contributed by atoms with Crippen LogP contribution in [0.5, 0.6) is 0 Å². The molecule has 1 aromatic rings. The van der Waals surface area contributed by atoms with Crippen molar-refractivity contribution < 1.29 is 4.79 Å². The Kier molecular flexibility index (Phi) is 2.29. The average Bonchev–Trinajstić information content (AvgIpc) is 2.67. The standard InChI is InChI=1S/C16H16O/c1-10(2)14-9-15-12-6-4-3-5-11(12)7-8-13(15)16(14)17/h3-6,9,13H,7-8H2,1-2H3. The van der Waals surface area contributed by atoms with Gasteiger partial charge in [-0.15, -0.1) is 0 Å². The number of fused-ring (bicyclic) bond motifs is 3. The number of carbonyl (C=O) groups is 1. The first kappa shape index (κ1) is 10.5. The molecule has 1 aromatic carbocycles. The van der Waals surface area contributed by atoms with Crippen LogP contribution in [0.2, 0.25) is 0 Å². The molecule has 1 nitrogen and oxygen atoms in total. The number of rotatable bonds is 0. The number of hydrogen-bond donors (Lipinski definition) is 0. The van der Waals surface area contributed by atoms with Gasteiger partial charge in [-0.3, -0.25) is 4.79 Å². The van der Waals surface area contributed by atoms with E-state index in [0.717, 1.165) is 24.0 Å². The van der Waals surface area contributed by atoms with Crippen molar-refractivity contribution in [3.63, 3.8) is 0 Å². The van der Waals surface area contributed by atoms with Crippen LogP contribution in [0, 0.1) is 5.92 Å². The van der Waals surface area contributed by atoms with Gasteiger partial charge in [0.15, 0.2) is 5.78 Å². The van der Waals surface area contributed by atoms with E-state index in [9.17, 15) is 4.79 Å².